The SMILES string of the molecule is CS(=O)(=O)N(CC(=O)NCCCSCc1cccc(Cl)c1)c1ccc(Cl)c(Cl)c1. The molecule has 1 N–H and O–H groups in total. The van der Waals surface area contributed by atoms with Crippen LogP contribution in [0.1, 0.15) is 12.0 Å². The average Bonchev–Trinajstić information content (AvgIpc) is 2.64. The summed E-state index contributed by atoms with van der Waals surface area (Å²) >= 11 is 19.5. The lowest BCUT2D eigenvalue weighted by molar-refractivity contribution is -0.119. The van der Waals surface area contributed by atoms with Gasteiger partial charge in [-0.3, -0.25) is 9.10 Å². The Kier molecular flexibility index (Phi) is 9.43. The van der Waals surface area contributed by atoms with Gasteiger partial charge >= 0.3 is 0 Å². The Morgan fingerprint density at radius 1 is 1.10 bits per heavy atom. The summed E-state index contributed by atoms with van der Waals surface area (Å²) < 4.78 is 25.2. The van der Waals surface area contributed by atoms with Gasteiger partial charge < -0.3 is 5.32 Å². The van der Waals surface area contributed by atoms with Crippen molar-refractivity contribution in [2.75, 3.05) is 29.4 Å². The van der Waals surface area contributed by atoms with E-state index in [1.54, 1.807) is 11.8 Å². The van der Waals surface area contributed by atoms with Crippen LogP contribution in [0.3, 0.4) is 0 Å². The van der Waals surface area contributed by atoms with Gasteiger partial charge in [0.15, 0.2) is 0 Å². The van der Waals surface area contributed by atoms with E-state index in [4.69, 9.17) is 34.8 Å². The Balaban J connectivity index is 1.79. The van der Waals surface area contributed by atoms with Gasteiger partial charge in [0.1, 0.15) is 6.54 Å². The Morgan fingerprint density at radius 3 is 2.52 bits per heavy atom. The molecule has 0 aromatic heterocycles. The van der Waals surface area contributed by atoms with Crippen molar-refractivity contribution in [3.8, 4) is 0 Å². The normalized spacial score (nSPS) is 11.3. The number of halogens is 3. The quantitative estimate of drug-likeness (QED) is 0.478. The van der Waals surface area contributed by atoms with Gasteiger partial charge in [0, 0.05) is 17.3 Å². The number of hydrogen-bond acceptors (Lipinski definition) is 4. The lowest BCUT2D eigenvalue weighted by atomic mass is 10.2. The third kappa shape index (κ3) is 8.26. The second-order valence-electron chi connectivity index (χ2n) is 6.25. The van der Waals surface area contributed by atoms with Crippen molar-refractivity contribution in [1.82, 2.24) is 5.32 Å². The summed E-state index contributed by atoms with van der Waals surface area (Å²) in [5.41, 5.74) is 1.44. The lowest BCUT2D eigenvalue weighted by Crippen LogP contribution is -2.40. The molecule has 1 amide bonds. The van der Waals surface area contributed by atoms with Crippen molar-refractivity contribution in [3.63, 3.8) is 0 Å². The monoisotopic (exact) mass is 494 g/mol. The summed E-state index contributed by atoms with van der Waals surface area (Å²) in [6.45, 7) is 0.132. The molecule has 0 saturated carbocycles. The van der Waals surface area contributed by atoms with Crippen molar-refractivity contribution >= 4 is 68.2 Å². The zero-order valence-electron chi connectivity index (χ0n) is 15.7. The molecule has 29 heavy (non-hydrogen) atoms. The molecular formula is C19H21Cl3N2O3S2. The van der Waals surface area contributed by atoms with E-state index in [2.05, 4.69) is 5.32 Å². The van der Waals surface area contributed by atoms with E-state index in [1.165, 1.54) is 18.2 Å². The van der Waals surface area contributed by atoms with E-state index >= 15 is 0 Å². The van der Waals surface area contributed by atoms with E-state index in [9.17, 15) is 13.2 Å². The highest BCUT2D eigenvalue weighted by Gasteiger charge is 2.21. The second-order valence-corrected chi connectivity index (χ2v) is 10.5. The first-order chi connectivity index (χ1) is 13.7. The highest BCUT2D eigenvalue weighted by Crippen LogP contribution is 2.28. The number of hydrogen-bond donors (Lipinski definition) is 1. The fourth-order valence-electron chi connectivity index (χ4n) is 2.45. The summed E-state index contributed by atoms with van der Waals surface area (Å²) in [6.07, 6.45) is 1.80. The summed E-state index contributed by atoms with van der Waals surface area (Å²) in [5.74, 6) is 1.31. The average molecular weight is 496 g/mol. The summed E-state index contributed by atoms with van der Waals surface area (Å²) in [5, 5.41) is 3.99. The zero-order chi connectivity index (χ0) is 21.4. The maximum Gasteiger partial charge on any atom is 0.240 e. The van der Waals surface area contributed by atoms with Crippen molar-refractivity contribution in [1.29, 1.82) is 0 Å². The third-order valence-electron chi connectivity index (χ3n) is 3.82. The molecule has 2 aromatic rings. The van der Waals surface area contributed by atoms with Crippen LogP contribution in [0.5, 0.6) is 0 Å². The van der Waals surface area contributed by atoms with Gasteiger partial charge in [0.2, 0.25) is 15.9 Å². The van der Waals surface area contributed by atoms with Gasteiger partial charge in [0.25, 0.3) is 0 Å². The number of amides is 1. The van der Waals surface area contributed by atoms with Crippen LogP contribution >= 0.6 is 46.6 Å². The number of carbonyl (C=O) groups excluding carboxylic acids is 1. The van der Waals surface area contributed by atoms with Gasteiger partial charge in [-0.2, -0.15) is 11.8 Å². The summed E-state index contributed by atoms with van der Waals surface area (Å²) in [4.78, 5) is 12.2. The largest absolute Gasteiger partial charge is 0.354 e. The highest BCUT2D eigenvalue weighted by molar-refractivity contribution is 7.98. The molecule has 0 heterocycles. The standard InChI is InChI=1S/C19H21Cl3N2O3S2/c1-29(26,27)24(16-6-7-17(21)18(22)11-16)12-19(25)23-8-3-9-28-13-14-4-2-5-15(20)10-14/h2,4-7,10-11H,3,8-9,12-13H2,1H3,(H,23,25). The minimum atomic E-state index is -3.66. The van der Waals surface area contributed by atoms with Crippen LogP contribution in [0.25, 0.3) is 0 Å². The Labute approximate surface area is 190 Å². The van der Waals surface area contributed by atoms with E-state index in [-0.39, 0.29) is 23.2 Å². The maximum atomic E-state index is 12.2. The van der Waals surface area contributed by atoms with Gasteiger partial charge in [0.05, 0.1) is 22.0 Å². The molecule has 0 bridgehead atoms. The topological polar surface area (TPSA) is 66.5 Å². The van der Waals surface area contributed by atoms with Gasteiger partial charge in [-0.15, -0.1) is 0 Å². The number of anilines is 1. The van der Waals surface area contributed by atoms with Gasteiger partial charge in [-0.1, -0.05) is 46.9 Å². The number of benzene rings is 2. The Morgan fingerprint density at radius 2 is 1.86 bits per heavy atom. The van der Waals surface area contributed by atoms with E-state index < -0.39 is 10.0 Å². The van der Waals surface area contributed by atoms with Crippen LogP contribution < -0.4 is 9.62 Å². The van der Waals surface area contributed by atoms with Crippen molar-refractivity contribution < 1.29 is 13.2 Å². The minimum Gasteiger partial charge on any atom is -0.354 e. The number of sulfonamides is 1. The second kappa shape index (κ2) is 11.3. The zero-order valence-corrected chi connectivity index (χ0v) is 19.6. The summed E-state index contributed by atoms with van der Waals surface area (Å²) in [7, 11) is -3.66. The van der Waals surface area contributed by atoms with Crippen LogP contribution in [0, 0.1) is 0 Å². The first kappa shape index (κ1) is 24.2. The lowest BCUT2D eigenvalue weighted by Gasteiger charge is -2.22. The molecule has 2 aromatic carbocycles. The fraction of sp³-hybridized carbons (Fsp3) is 0.316. The van der Waals surface area contributed by atoms with Crippen LogP contribution in [-0.4, -0.2) is 39.4 Å². The smallest absolute Gasteiger partial charge is 0.240 e. The predicted octanol–water partition coefficient (Wildman–Crippen LogP) is 4.85. The molecule has 5 nitrogen and oxygen atoms in total. The van der Waals surface area contributed by atoms with E-state index in [0.717, 1.165) is 34.1 Å². The van der Waals surface area contributed by atoms with Gasteiger partial charge in [-0.25, -0.2) is 8.42 Å². The molecular weight excluding hydrogens is 475 g/mol. The fourth-order valence-corrected chi connectivity index (χ4v) is 4.71. The number of nitrogens with zero attached hydrogens (tertiary/aromatic N) is 1. The van der Waals surface area contributed by atoms with Gasteiger partial charge in [-0.05, 0) is 48.1 Å². The molecule has 0 unspecified atom stereocenters. The molecule has 0 aliphatic rings. The number of thioether (sulfide) groups is 1. The van der Waals surface area contributed by atoms with E-state index in [0.29, 0.717) is 16.6 Å². The van der Waals surface area contributed by atoms with Crippen LogP contribution in [0.2, 0.25) is 15.1 Å². The Hall–Kier alpha value is -1.12. The molecule has 0 aliphatic carbocycles. The molecule has 2 rings (SSSR count). The number of rotatable bonds is 10. The molecule has 0 atom stereocenters. The Bertz CT molecular complexity index is 955. The van der Waals surface area contributed by atoms with Crippen LogP contribution in [0.15, 0.2) is 42.5 Å². The van der Waals surface area contributed by atoms with Crippen LogP contribution in [-0.2, 0) is 20.6 Å². The molecule has 0 saturated heterocycles. The van der Waals surface area contributed by atoms with Crippen molar-refractivity contribution in [3.05, 3.63) is 63.1 Å². The number of carbonyl (C=O) groups is 1. The van der Waals surface area contributed by atoms with Crippen molar-refractivity contribution in [2.45, 2.75) is 12.2 Å². The molecule has 0 fully saturated rings. The molecule has 10 heteroatoms. The number of nitrogens with one attached hydrogen (secondary N) is 1. The third-order valence-corrected chi connectivity index (χ3v) is 7.05. The summed E-state index contributed by atoms with van der Waals surface area (Å²) in [6, 6.07) is 12.1. The molecule has 0 spiro atoms. The predicted molar refractivity (Wildman–Crippen MR) is 124 cm³/mol. The molecule has 0 radical (unpaired) electrons. The first-order valence-electron chi connectivity index (χ1n) is 8.68. The molecule has 158 valence electrons. The molecule has 0 aliphatic heterocycles. The van der Waals surface area contributed by atoms with Crippen LogP contribution in [0.4, 0.5) is 5.69 Å². The first-order valence-corrected chi connectivity index (χ1v) is 12.8. The van der Waals surface area contributed by atoms with Crippen molar-refractivity contribution in [2.24, 2.45) is 0 Å². The minimum absolute atomic E-state index is 0.218. The highest BCUT2D eigenvalue weighted by atomic mass is 35.5. The maximum absolute atomic E-state index is 12.2. The van der Waals surface area contributed by atoms with E-state index in [1.807, 2.05) is 24.3 Å².